The minimum absolute atomic E-state index is 0.0274. The molecule has 0 spiro atoms. The van der Waals surface area contributed by atoms with Crippen molar-refractivity contribution in [2.45, 2.75) is 12.5 Å². The number of carbonyl (C=O) groups excluding carboxylic acids is 2. The molecule has 0 radical (unpaired) electrons. The molecule has 0 unspecified atom stereocenters. The van der Waals surface area contributed by atoms with E-state index in [1.54, 1.807) is 11.1 Å². The molecular formula is C23H21N3O2. The first-order valence-corrected chi connectivity index (χ1v) is 9.34. The highest BCUT2D eigenvalue weighted by Gasteiger charge is 2.36. The largest absolute Gasteiger partial charge is 0.343 e. The number of anilines is 1. The molecule has 1 N–H and O–H groups in total. The van der Waals surface area contributed by atoms with Gasteiger partial charge >= 0.3 is 0 Å². The summed E-state index contributed by atoms with van der Waals surface area (Å²) in [5.74, 6) is -0.547. The van der Waals surface area contributed by atoms with Crippen LogP contribution in [0, 0.1) is 5.92 Å². The van der Waals surface area contributed by atoms with Gasteiger partial charge in [-0.05, 0) is 29.8 Å². The van der Waals surface area contributed by atoms with Crippen molar-refractivity contribution in [1.29, 1.82) is 0 Å². The highest BCUT2D eigenvalue weighted by atomic mass is 16.2. The van der Waals surface area contributed by atoms with Gasteiger partial charge in [0.1, 0.15) is 0 Å². The lowest BCUT2D eigenvalue weighted by molar-refractivity contribution is -0.126. The number of benzene rings is 2. The summed E-state index contributed by atoms with van der Waals surface area (Å²) in [5.41, 5.74) is 2.55. The highest BCUT2D eigenvalue weighted by Crippen LogP contribution is 2.27. The Kier molecular flexibility index (Phi) is 5.15. The van der Waals surface area contributed by atoms with Crippen LogP contribution in [-0.4, -0.2) is 23.3 Å². The molecule has 0 bridgehead atoms. The van der Waals surface area contributed by atoms with Gasteiger partial charge in [0.25, 0.3) is 0 Å². The molecule has 140 valence electrons. The fourth-order valence-electron chi connectivity index (χ4n) is 3.52. The number of nitrogens with zero attached hydrogens (tertiary/aromatic N) is 2. The van der Waals surface area contributed by atoms with Gasteiger partial charge in [0, 0.05) is 24.8 Å². The molecule has 5 heteroatoms. The third kappa shape index (κ3) is 3.78. The minimum Gasteiger partial charge on any atom is -0.343 e. The average Bonchev–Trinajstić information content (AvgIpc) is 3.15. The molecule has 4 rings (SSSR count). The second-order valence-electron chi connectivity index (χ2n) is 6.85. The molecule has 2 heterocycles. The Balaban J connectivity index is 1.53. The zero-order chi connectivity index (χ0) is 19.3. The monoisotopic (exact) mass is 371 g/mol. The molecule has 2 atom stereocenters. The number of hydrogen-bond acceptors (Lipinski definition) is 3. The summed E-state index contributed by atoms with van der Waals surface area (Å²) in [6, 6.07) is 24.5. The molecule has 1 fully saturated rings. The van der Waals surface area contributed by atoms with Crippen molar-refractivity contribution in [2.24, 2.45) is 5.92 Å². The minimum atomic E-state index is -0.386. The second-order valence-corrected chi connectivity index (χ2v) is 6.85. The summed E-state index contributed by atoms with van der Waals surface area (Å²) in [7, 11) is 0. The van der Waals surface area contributed by atoms with Crippen molar-refractivity contribution in [2.75, 3.05) is 11.4 Å². The van der Waals surface area contributed by atoms with E-state index in [4.69, 9.17) is 0 Å². The summed E-state index contributed by atoms with van der Waals surface area (Å²) in [6.07, 6.45) is 1.93. The van der Waals surface area contributed by atoms with Crippen molar-refractivity contribution in [3.63, 3.8) is 0 Å². The fraction of sp³-hybridized carbons (Fsp3) is 0.174. The van der Waals surface area contributed by atoms with E-state index in [9.17, 15) is 9.59 Å². The van der Waals surface area contributed by atoms with E-state index in [1.807, 2.05) is 78.9 Å². The molecular weight excluding hydrogens is 350 g/mol. The Bertz CT molecular complexity index is 906. The molecule has 1 aliphatic rings. The Morgan fingerprint density at radius 3 is 2.32 bits per heavy atom. The van der Waals surface area contributed by atoms with E-state index in [2.05, 4.69) is 10.3 Å². The van der Waals surface area contributed by atoms with Gasteiger partial charge in [-0.15, -0.1) is 0 Å². The smallest absolute Gasteiger partial charge is 0.227 e. The van der Waals surface area contributed by atoms with Crippen LogP contribution in [0.2, 0.25) is 0 Å². The molecule has 28 heavy (non-hydrogen) atoms. The van der Waals surface area contributed by atoms with Crippen molar-refractivity contribution in [3.8, 4) is 0 Å². The summed E-state index contributed by atoms with van der Waals surface area (Å²) < 4.78 is 0. The molecule has 2 amide bonds. The third-order valence-electron chi connectivity index (χ3n) is 4.97. The van der Waals surface area contributed by atoms with Crippen LogP contribution >= 0.6 is 0 Å². The van der Waals surface area contributed by atoms with Crippen molar-refractivity contribution in [1.82, 2.24) is 10.3 Å². The average molecular weight is 371 g/mol. The SMILES string of the molecule is O=C(N[C@H](c1ccccc1)c1ccccn1)[C@H]1CC(=O)N(c2ccccc2)C1. The molecule has 2 aromatic carbocycles. The van der Waals surface area contributed by atoms with Crippen molar-refractivity contribution in [3.05, 3.63) is 96.3 Å². The zero-order valence-electron chi connectivity index (χ0n) is 15.4. The maximum absolute atomic E-state index is 13.0. The van der Waals surface area contributed by atoms with Gasteiger partial charge in [0.2, 0.25) is 11.8 Å². The number of amides is 2. The maximum atomic E-state index is 13.0. The predicted octanol–water partition coefficient (Wildman–Crippen LogP) is 3.34. The fourth-order valence-corrected chi connectivity index (χ4v) is 3.52. The Morgan fingerprint density at radius 1 is 0.964 bits per heavy atom. The van der Waals surface area contributed by atoms with Gasteiger partial charge in [-0.2, -0.15) is 0 Å². The zero-order valence-corrected chi connectivity index (χ0v) is 15.4. The number of pyridine rings is 1. The summed E-state index contributed by atoms with van der Waals surface area (Å²) in [6.45, 7) is 0.387. The molecule has 5 nitrogen and oxygen atoms in total. The number of para-hydroxylation sites is 1. The van der Waals surface area contributed by atoms with Crippen LogP contribution in [0.3, 0.4) is 0 Å². The van der Waals surface area contributed by atoms with Crippen molar-refractivity contribution < 1.29 is 9.59 Å². The number of rotatable bonds is 5. The molecule has 3 aromatic rings. The molecule has 1 aromatic heterocycles. The maximum Gasteiger partial charge on any atom is 0.227 e. The first kappa shape index (κ1) is 17.9. The first-order chi connectivity index (χ1) is 13.7. The Morgan fingerprint density at radius 2 is 1.64 bits per heavy atom. The molecule has 1 saturated heterocycles. The molecule has 0 saturated carbocycles. The first-order valence-electron chi connectivity index (χ1n) is 9.34. The van der Waals surface area contributed by atoms with E-state index >= 15 is 0 Å². The third-order valence-corrected chi connectivity index (χ3v) is 4.97. The standard InChI is InChI=1S/C23H21N3O2/c27-21-15-18(16-26(21)19-11-5-2-6-12-19)23(28)25-22(17-9-3-1-4-10-17)20-13-7-8-14-24-20/h1-14,18,22H,15-16H2,(H,25,28)/t18-,22+/m0/s1. The van der Waals surface area contributed by atoms with Crippen LogP contribution in [0.1, 0.15) is 23.7 Å². The second kappa shape index (κ2) is 8.05. The van der Waals surface area contributed by atoms with E-state index in [0.717, 1.165) is 16.9 Å². The van der Waals surface area contributed by atoms with E-state index in [1.165, 1.54) is 0 Å². The molecule has 1 aliphatic heterocycles. The number of carbonyl (C=O) groups is 2. The van der Waals surface area contributed by atoms with E-state index < -0.39 is 0 Å². The molecule has 0 aliphatic carbocycles. The van der Waals surface area contributed by atoms with Crippen LogP contribution in [0.15, 0.2) is 85.1 Å². The predicted molar refractivity (Wildman–Crippen MR) is 108 cm³/mol. The van der Waals surface area contributed by atoms with Crippen LogP contribution in [0.25, 0.3) is 0 Å². The van der Waals surface area contributed by atoms with Crippen molar-refractivity contribution >= 4 is 17.5 Å². The summed E-state index contributed by atoms with van der Waals surface area (Å²) in [5, 5.41) is 3.10. The van der Waals surface area contributed by atoms with Crippen LogP contribution < -0.4 is 10.2 Å². The van der Waals surface area contributed by atoms with Crippen LogP contribution in [0.5, 0.6) is 0 Å². The lowest BCUT2D eigenvalue weighted by Crippen LogP contribution is -2.36. The summed E-state index contributed by atoms with van der Waals surface area (Å²) >= 11 is 0. The van der Waals surface area contributed by atoms with E-state index in [-0.39, 0.29) is 30.2 Å². The Labute approximate surface area is 164 Å². The normalized spacial score (nSPS) is 17.4. The number of aromatic nitrogens is 1. The lowest BCUT2D eigenvalue weighted by atomic mass is 10.0. The van der Waals surface area contributed by atoms with Crippen LogP contribution in [0.4, 0.5) is 5.69 Å². The lowest BCUT2D eigenvalue weighted by Gasteiger charge is -2.21. The quantitative estimate of drug-likeness (QED) is 0.748. The number of nitrogens with one attached hydrogen (secondary N) is 1. The highest BCUT2D eigenvalue weighted by molar-refractivity contribution is 6.00. The van der Waals surface area contributed by atoms with Crippen LogP contribution in [-0.2, 0) is 9.59 Å². The van der Waals surface area contributed by atoms with Gasteiger partial charge in [-0.25, -0.2) is 0 Å². The van der Waals surface area contributed by atoms with Gasteiger partial charge in [0.05, 0.1) is 17.7 Å². The van der Waals surface area contributed by atoms with Gasteiger partial charge < -0.3 is 10.2 Å². The van der Waals surface area contributed by atoms with Gasteiger partial charge in [-0.3, -0.25) is 14.6 Å². The Hall–Kier alpha value is -3.47. The van der Waals surface area contributed by atoms with E-state index in [0.29, 0.717) is 6.54 Å². The number of hydrogen-bond donors (Lipinski definition) is 1. The summed E-state index contributed by atoms with van der Waals surface area (Å²) in [4.78, 5) is 31.6. The van der Waals surface area contributed by atoms with Gasteiger partial charge in [0.15, 0.2) is 0 Å². The van der Waals surface area contributed by atoms with Gasteiger partial charge in [-0.1, -0.05) is 54.6 Å². The topological polar surface area (TPSA) is 62.3 Å².